The first-order valence-electron chi connectivity index (χ1n) is 8.92. The van der Waals surface area contributed by atoms with E-state index in [0.717, 1.165) is 18.5 Å². The lowest BCUT2D eigenvalue weighted by Crippen LogP contribution is -2.33. The lowest BCUT2D eigenvalue weighted by atomic mass is 10.1. The molecule has 0 aliphatic carbocycles. The molecule has 28 heavy (non-hydrogen) atoms. The van der Waals surface area contributed by atoms with Crippen LogP contribution in [0.3, 0.4) is 0 Å². The zero-order chi connectivity index (χ0) is 19.2. The fourth-order valence-corrected chi connectivity index (χ4v) is 3.19. The molecule has 0 bridgehead atoms. The number of fused-ring (bicyclic) bond motifs is 1. The fraction of sp³-hybridized carbons (Fsp3) is 0.286. The van der Waals surface area contributed by atoms with Crippen LogP contribution in [0.25, 0.3) is 10.9 Å². The molecule has 2 aromatic carbocycles. The van der Waals surface area contributed by atoms with Crippen LogP contribution in [-0.2, 0) is 13.0 Å². The van der Waals surface area contributed by atoms with Gasteiger partial charge in [0.15, 0.2) is 17.5 Å². The van der Waals surface area contributed by atoms with Crippen molar-refractivity contribution in [3.63, 3.8) is 0 Å². The van der Waals surface area contributed by atoms with Crippen molar-refractivity contribution in [3.8, 4) is 11.5 Å². The van der Waals surface area contributed by atoms with Gasteiger partial charge in [-0.25, -0.2) is 4.99 Å². The summed E-state index contributed by atoms with van der Waals surface area (Å²) in [6, 6.07) is 12.0. The third-order valence-electron chi connectivity index (χ3n) is 4.58. The number of methoxy groups -OCH3 is 2. The van der Waals surface area contributed by atoms with E-state index in [1.54, 1.807) is 14.2 Å². The molecule has 3 aromatic rings. The Balaban J connectivity index is 0.00000280. The van der Waals surface area contributed by atoms with Crippen LogP contribution in [0.2, 0.25) is 0 Å². The molecule has 150 valence electrons. The topological polar surface area (TPSA) is 84.7 Å². The third-order valence-corrected chi connectivity index (χ3v) is 4.58. The van der Waals surface area contributed by atoms with Gasteiger partial charge < -0.3 is 25.5 Å². The lowest BCUT2D eigenvalue weighted by molar-refractivity contribution is 0.354. The van der Waals surface area contributed by atoms with Gasteiger partial charge in [-0.2, -0.15) is 0 Å². The highest BCUT2D eigenvalue weighted by Gasteiger charge is 2.06. The Hall–Kier alpha value is -2.42. The van der Waals surface area contributed by atoms with Gasteiger partial charge in [0.1, 0.15) is 0 Å². The minimum absolute atomic E-state index is 0. The number of rotatable bonds is 7. The van der Waals surface area contributed by atoms with Crippen molar-refractivity contribution in [1.29, 1.82) is 0 Å². The quantitative estimate of drug-likeness (QED) is 0.265. The summed E-state index contributed by atoms with van der Waals surface area (Å²) in [5.74, 6) is 1.82. The SMILES string of the molecule is COc1ccc(CN=C(N)NCCc2c[nH]c3cccc(C)c23)cc1OC.I. The smallest absolute Gasteiger partial charge is 0.188 e. The van der Waals surface area contributed by atoms with Gasteiger partial charge in [-0.3, -0.25) is 0 Å². The van der Waals surface area contributed by atoms with Gasteiger partial charge in [-0.05, 0) is 48.2 Å². The van der Waals surface area contributed by atoms with E-state index < -0.39 is 0 Å². The molecule has 1 aromatic heterocycles. The minimum atomic E-state index is 0. The Morgan fingerprint density at radius 1 is 1.14 bits per heavy atom. The summed E-state index contributed by atoms with van der Waals surface area (Å²) in [6.45, 7) is 3.33. The van der Waals surface area contributed by atoms with E-state index in [-0.39, 0.29) is 24.0 Å². The molecule has 0 unspecified atom stereocenters. The van der Waals surface area contributed by atoms with E-state index in [1.165, 1.54) is 22.0 Å². The van der Waals surface area contributed by atoms with E-state index in [1.807, 2.05) is 18.2 Å². The molecule has 7 heteroatoms. The number of aryl methyl sites for hydroxylation is 1. The summed E-state index contributed by atoms with van der Waals surface area (Å²) in [6.07, 6.45) is 2.94. The van der Waals surface area contributed by atoms with Gasteiger partial charge in [0, 0.05) is 23.6 Å². The highest BCUT2D eigenvalue weighted by molar-refractivity contribution is 14.0. The molecule has 0 aliphatic rings. The molecule has 0 fully saturated rings. The summed E-state index contributed by atoms with van der Waals surface area (Å²) < 4.78 is 10.6. The van der Waals surface area contributed by atoms with Crippen molar-refractivity contribution < 1.29 is 9.47 Å². The Labute approximate surface area is 182 Å². The van der Waals surface area contributed by atoms with E-state index in [0.29, 0.717) is 24.0 Å². The lowest BCUT2D eigenvalue weighted by Gasteiger charge is -2.09. The number of nitrogens with one attached hydrogen (secondary N) is 2. The second-order valence-electron chi connectivity index (χ2n) is 6.38. The molecule has 0 saturated carbocycles. The average Bonchev–Trinajstić information content (AvgIpc) is 3.10. The maximum absolute atomic E-state index is 6.01. The van der Waals surface area contributed by atoms with Gasteiger partial charge in [0.2, 0.25) is 0 Å². The Morgan fingerprint density at radius 3 is 2.68 bits per heavy atom. The number of benzene rings is 2. The highest BCUT2D eigenvalue weighted by atomic mass is 127. The number of hydrogen-bond donors (Lipinski definition) is 3. The summed E-state index contributed by atoms with van der Waals surface area (Å²) in [4.78, 5) is 7.73. The number of hydrogen-bond acceptors (Lipinski definition) is 3. The highest BCUT2D eigenvalue weighted by Crippen LogP contribution is 2.27. The zero-order valence-electron chi connectivity index (χ0n) is 16.4. The minimum Gasteiger partial charge on any atom is -0.493 e. The Bertz CT molecular complexity index is 953. The molecule has 4 N–H and O–H groups in total. The van der Waals surface area contributed by atoms with E-state index in [4.69, 9.17) is 15.2 Å². The first-order valence-corrected chi connectivity index (χ1v) is 8.92. The molecule has 0 radical (unpaired) electrons. The van der Waals surface area contributed by atoms with Crippen LogP contribution in [0.4, 0.5) is 0 Å². The Morgan fingerprint density at radius 2 is 1.93 bits per heavy atom. The molecular weight excluding hydrogens is 467 g/mol. The second-order valence-corrected chi connectivity index (χ2v) is 6.38. The van der Waals surface area contributed by atoms with Gasteiger partial charge in [-0.15, -0.1) is 24.0 Å². The van der Waals surface area contributed by atoms with E-state index in [9.17, 15) is 0 Å². The summed E-state index contributed by atoms with van der Waals surface area (Å²) in [7, 11) is 3.24. The number of nitrogens with two attached hydrogens (primary N) is 1. The van der Waals surface area contributed by atoms with Crippen LogP contribution < -0.4 is 20.5 Å². The number of aromatic amines is 1. The molecule has 6 nitrogen and oxygen atoms in total. The van der Waals surface area contributed by atoms with Crippen LogP contribution in [0, 0.1) is 6.92 Å². The van der Waals surface area contributed by atoms with Crippen molar-refractivity contribution >= 4 is 40.8 Å². The molecule has 0 aliphatic heterocycles. The molecular formula is C21H27IN4O2. The maximum Gasteiger partial charge on any atom is 0.188 e. The summed E-state index contributed by atoms with van der Waals surface area (Å²) >= 11 is 0. The van der Waals surface area contributed by atoms with E-state index in [2.05, 4.69) is 46.6 Å². The van der Waals surface area contributed by atoms with Crippen molar-refractivity contribution in [1.82, 2.24) is 10.3 Å². The Kier molecular flexibility index (Phi) is 7.98. The first kappa shape index (κ1) is 21.9. The predicted octanol–water partition coefficient (Wildman–Crippen LogP) is 3.76. The number of ether oxygens (including phenoxy) is 2. The van der Waals surface area contributed by atoms with Crippen molar-refractivity contribution in [2.24, 2.45) is 10.7 Å². The number of aromatic nitrogens is 1. The number of H-pyrrole nitrogens is 1. The monoisotopic (exact) mass is 494 g/mol. The molecule has 0 saturated heterocycles. The number of aliphatic imine (C=N–C) groups is 1. The van der Waals surface area contributed by atoms with Crippen molar-refractivity contribution in [2.75, 3.05) is 20.8 Å². The largest absolute Gasteiger partial charge is 0.493 e. The number of nitrogens with zero attached hydrogens (tertiary/aromatic N) is 1. The normalized spacial score (nSPS) is 11.2. The van der Waals surface area contributed by atoms with Gasteiger partial charge in [0.25, 0.3) is 0 Å². The molecule has 0 spiro atoms. The fourth-order valence-electron chi connectivity index (χ4n) is 3.19. The van der Waals surface area contributed by atoms with Gasteiger partial charge in [0.05, 0.1) is 20.8 Å². The third kappa shape index (κ3) is 5.09. The molecule has 0 atom stereocenters. The van der Waals surface area contributed by atoms with Crippen LogP contribution in [0.1, 0.15) is 16.7 Å². The van der Waals surface area contributed by atoms with Crippen molar-refractivity contribution in [3.05, 3.63) is 59.3 Å². The molecule has 3 rings (SSSR count). The molecule has 1 heterocycles. The van der Waals surface area contributed by atoms with Crippen molar-refractivity contribution in [2.45, 2.75) is 19.9 Å². The van der Waals surface area contributed by atoms with Crippen LogP contribution in [0.5, 0.6) is 11.5 Å². The van der Waals surface area contributed by atoms with Gasteiger partial charge in [-0.1, -0.05) is 18.2 Å². The molecule has 0 amide bonds. The summed E-state index contributed by atoms with van der Waals surface area (Å²) in [5.41, 5.74) is 10.7. The van der Waals surface area contributed by atoms with Crippen LogP contribution in [-0.4, -0.2) is 31.7 Å². The predicted molar refractivity (Wildman–Crippen MR) is 125 cm³/mol. The zero-order valence-corrected chi connectivity index (χ0v) is 18.7. The maximum atomic E-state index is 6.01. The average molecular weight is 494 g/mol. The summed E-state index contributed by atoms with van der Waals surface area (Å²) in [5, 5.41) is 4.48. The first-order chi connectivity index (χ1) is 13.1. The number of halogens is 1. The standard InChI is InChI=1S/C21H26N4O2.HI/c1-14-5-4-6-17-20(14)16(13-24-17)9-10-23-21(22)25-12-15-7-8-18(26-2)19(11-15)27-3;/h4-8,11,13,24H,9-10,12H2,1-3H3,(H3,22,23,25);1H. The van der Waals surface area contributed by atoms with Crippen LogP contribution >= 0.6 is 24.0 Å². The van der Waals surface area contributed by atoms with E-state index >= 15 is 0 Å². The second kappa shape index (κ2) is 10.2. The van der Waals surface area contributed by atoms with Gasteiger partial charge >= 0.3 is 0 Å². The van der Waals surface area contributed by atoms with Crippen LogP contribution in [0.15, 0.2) is 47.6 Å². The number of guanidine groups is 1.